The molecule has 4 heteroatoms. The smallest absolute Gasteiger partial charge is 0.152 e. The van der Waals surface area contributed by atoms with Crippen molar-refractivity contribution in [3.8, 4) is 5.75 Å². The Morgan fingerprint density at radius 3 is 2.81 bits per heavy atom. The van der Waals surface area contributed by atoms with E-state index >= 15 is 0 Å². The zero-order valence-corrected chi connectivity index (χ0v) is 12.3. The van der Waals surface area contributed by atoms with Gasteiger partial charge in [0.05, 0.1) is 7.11 Å². The van der Waals surface area contributed by atoms with E-state index in [0.717, 1.165) is 28.5 Å². The van der Waals surface area contributed by atoms with Gasteiger partial charge in [-0.25, -0.2) is 0 Å². The summed E-state index contributed by atoms with van der Waals surface area (Å²) in [5.74, 6) is 0.742. The Morgan fingerprint density at radius 1 is 1.24 bits per heavy atom. The summed E-state index contributed by atoms with van der Waals surface area (Å²) in [5.41, 5.74) is 2.75. The van der Waals surface area contributed by atoms with Crippen molar-refractivity contribution in [2.75, 3.05) is 7.11 Å². The second-order valence-electron chi connectivity index (χ2n) is 4.84. The molecular formula is C17H14ClNO2. The summed E-state index contributed by atoms with van der Waals surface area (Å²) >= 11 is 6.02. The monoisotopic (exact) mass is 299 g/mol. The number of carbonyl (C=O) groups is 1. The highest BCUT2D eigenvalue weighted by molar-refractivity contribution is 6.30. The van der Waals surface area contributed by atoms with Crippen LogP contribution < -0.4 is 4.74 Å². The number of ether oxygens (including phenoxy) is 1. The van der Waals surface area contributed by atoms with Gasteiger partial charge < -0.3 is 9.30 Å². The average Bonchev–Trinajstić information content (AvgIpc) is 2.84. The molecule has 0 aliphatic rings. The van der Waals surface area contributed by atoms with E-state index in [1.807, 2.05) is 53.2 Å². The van der Waals surface area contributed by atoms with Crippen molar-refractivity contribution in [2.24, 2.45) is 0 Å². The molecule has 3 aromatic rings. The molecule has 0 saturated carbocycles. The van der Waals surface area contributed by atoms with Crippen molar-refractivity contribution in [3.05, 3.63) is 64.8 Å². The fourth-order valence-electron chi connectivity index (χ4n) is 2.49. The molecular weight excluding hydrogens is 286 g/mol. The SMILES string of the molecule is COc1ccc2c(c1)c(C=O)cn2Cc1cccc(Cl)c1. The molecule has 0 bridgehead atoms. The molecule has 0 atom stereocenters. The zero-order chi connectivity index (χ0) is 14.8. The molecule has 0 spiro atoms. The number of rotatable bonds is 4. The van der Waals surface area contributed by atoms with Crippen LogP contribution in [0.3, 0.4) is 0 Å². The Balaban J connectivity index is 2.08. The van der Waals surface area contributed by atoms with E-state index in [2.05, 4.69) is 0 Å². The summed E-state index contributed by atoms with van der Waals surface area (Å²) in [6.07, 6.45) is 2.73. The van der Waals surface area contributed by atoms with Crippen LogP contribution in [0.4, 0.5) is 0 Å². The van der Waals surface area contributed by atoms with Crippen molar-refractivity contribution in [2.45, 2.75) is 6.54 Å². The van der Waals surface area contributed by atoms with Crippen LogP contribution in [0.1, 0.15) is 15.9 Å². The first-order valence-electron chi connectivity index (χ1n) is 6.58. The number of carbonyl (C=O) groups excluding carboxylic acids is 1. The lowest BCUT2D eigenvalue weighted by atomic mass is 10.2. The summed E-state index contributed by atoms with van der Waals surface area (Å²) in [6.45, 7) is 0.664. The summed E-state index contributed by atoms with van der Waals surface area (Å²) in [4.78, 5) is 11.3. The molecule has 3 rings (SSSR count). The number of halogens is 1. The van der Waals surface area contributed by atoms with Gasteiger partial charge in [-0.05, 0) is 35.9 Å². The van der Waals surface area contributed by atoms with Gasteiger partial charge in [-0.2, -0.15) is 0 Å². The molecule has 0 saturated heterocycles. The van der Waals surface area contributed by atoms with E-state index in [0.29, 0.717) is 17.1 Å². The highest BCUT2D eigenvalue weighted by Crippen LogP contribution is 2.26. The quantitative estimate of drug-likeness (QED) is 0.677. The Kier molecular flexibility index (Phi) is 3.67. The van der Waals surface area contributed by atoms with Crippen LogP contribution >= 0.6 is 11.6 Å². The van der Waals surface area contributed by atoms with Gasteiger partial charge in [0.15, 0.2) is 6.29 Å². The highest BCUT2D eigenvalue weighted by Gasteiger charge is 2.09. The van der Waals surface area contributed by atoms with Crippen LogP contribution in [-0.2, 0) is 6.54 Å². The molecule has 21 heavy (non-hydrogen) atoms. The van der Waals surface area contributed by atoms with E-state index in [1.165, 1.54) is 0 Å². The van der Waals surface area contributed by atoms with Crippen LogP contribution in [-0.4, -0.2) is 18.0 Å². The number of hydrogen-bond acceptors (Lipinski definition) is 2. The highest BCUT2D eigenvalue weighted by atomic mass is 35.5. The van der Waals surface area contributed by atoms with E-state index < -0.39 is 0 Å². The van der Waals surface area contributed by atoms with Crippen LogP contribution in [0.25, 0.3) is 10.9 Å². The third-order valence-corrected chi connectivity index (χ3v) is 3.72. The van der Waals surface area contributed by atoms with Gasteiger partial charge in [0.2, 0.25) is 0 Å². The van der Waals surface area contributed by atoms with Crippen molar-refractivity contribution in [1.82, 2.24) is 4.57 Å². The first-order valence-corrected chi connectivity index (χ1v) is 6.95. The second kappa shape index (κ2) is 5.62. The standard InChI is InChI=1S/C17H14ClNO2/c1-21-15-5-6-17-16(8-15)13(11-20)10-19(17)9-12-3-2-4-14(18)7-12/h2-8,10-11H,9H2,1H3. The van der Waals surface area contributed by atoms with Gasteiger partial charge >= 0.3 is 0 Å². The number of aromatic nitrogens is 1. The summed E-state index contributed by atoms with van der Waals surface area (Å²) < 4.78 is 7.27. The Bertz CT molecular complexity index is 808. The zero-order valence-electron chi connectivity index (χ0n) is 11.5. The predicted molar refractivity (Wildman–Crippen MR) is 84.4 cm³/mol. The normalized spacial score (nSPS) is 10.8. The molecule has 0 radical (unpaired) electrons. The fraction of sp³-hybridized carbons (Fsp3) is 0.118. The first kappa shape index (κ1) is 13.7. The van der Waals surface area contributed by atoms with Crippen LogP contribution in [0.15, 0.2) is 48.7 Å². The number of hydrogen-bond donors (Lipinski definition) is 0. The first-order chi connectivity index (χ1) is 10.2. The molecule has 1 aromatic heterocycles. The predicted octanol–water partition coefficient (Wildman–Crippen LogP) is 4.16. The molecule has 1 heterocycles. The largest absolute Gasteiger partial charge is 0.497 e. The van der Waals surface area contributed by atoms with Crippen LogP contribution in [0.5, 0.6) is 5.75 Å². The van der Waals surface area contributed by atoms with Crippen molar-refractivity contribution in [1.29, 1.82) is 0 Å². The number of methoxy groups -OCH3 is 1. The number of fused-ring (bicyclic) bond motifs is 1. The average molecular weight is 300 g/mol. The summed E-state index contributed by atoms with van der Waals surface area (Å²) in [5, 5.41) is 1.60. The minimum absolute atomic E-state index is 0.658. The lowest BCUT2D eigenvalue weighted by Gasteiger charge is -2.06. The number of aldehydes is 1. The number of nitrogens with zero attached hydrogens (tertiary/aromatic N) is 1. The molecule has 2 aromatic carbocycles. The van der Waals surface area contributed by atoms with E-state index in [1.54, 1.807) is 7.11 Å². The summed E-state index contributed by atoms with van der Waals surface area (Å²) in [6, 6.07) is 13.5. The Labute approximate surface area is 127 Å². The molecule has 0 aliphatic carbocycles. The maximum Gasteiger partial charge on any atom is 0.152 e. The Morgan fingerprint density at radius 2 is 2.10 bits per heavy atom. The molecule has 3 nitrogen and oxygen atoms in total. The molecule has 106 valence electrons. The van der Waals surface area contributed by atoms with Gasteiger partial charge in [-0.3, -0.25) is 4.79 Å². The van der Waals surface area contributed by atoms with Gasteiger partial charge in [-0.15, -0.1) is 0 Å². The topological polar surface area (TPSA) is 31.2 Å². The fourth-order valence-corrected chi connectivity index (χ4v) is 2.70. The molecule has 0 unspecified atom stereocenters. The minimum atomic E-state index is 0.658. The molecule has 0 amide bonds. The van der Waals surface area contributed by atoms with Crippen LogP contribution in [0.2, 0.25) is 5.02 Å². The molecule has 0 N–H and O–H groups in total. The second-order valence-corrected chi connectivity index (χ2v) is 5.28. The maximum absolute atomic E-state index is 11.3. The molecule has 0 fully saturated rings. The lowest BCUT2D eigenvalue weighted by molar-refractivity contribution is 0.112. The van der Waals surface area contributed by atoms with Crippen LogP contribution in [0, 0.1) is 0 Å². The Hall–Kier alpha value is -2.26. The third kappa shape index (κ3) is 2.65. The lowest BCUT2D eigenvalue weighted by Crippen LogP contribution is -1.97. The minimum Gasteiger partial charge on any atom is -0.497 e. The van der Waals surface area contributed by atoms with Gasteiger partial charge in [0, 0.05) is 34.2 Å². The van der Waals surface area contributed by atoms with E-state index in [4.69, 9.17) is 16.3 Å². The van der Waals surface area contributed by atoms with Crippen molar-refractivity contribution >= 4 is 28.8 Å². The van der Waals surface area contributed by atoms with Crippen molar-refractivity contribution < 1.29 is 9.53 Å². The van der Waals surface area contributed by atoms with E-state index in [-0.39, 0.29) is 0 Å². The van der Waals surface area contributed by atoms with Gasteiger partial charge in [-0.1, -0.05) is 23.7 Å². The summed E-state index contributed by atoms with van der Waals surface area (Å²) in [7, 11) is 1.62. The number of benzene rings is 2. The molecule has 0 aliphatic heterocycles. The van der Waals surface area contributed by atoms with Gasteiger partial charge in [0.1, 0.15) is 5.75 Å². The van der Waals surface area contributed by atoms with Gasteiger partial charge in [0.25, 0.3) is 0 Å². The third-order valence-electron chi connectivity index (χ3n) is 3.49. The van der Waals surface area contributed by atoms with E-state index in [9.17, 15) is 4.79 Å². The maximum atomic E-state index is 11.3. The van der Waals surface area contributed by atoms with Crippen molar-refractivity contribution in [3.63, 3.8) is 0 Å².